The minimum absolute atomic E-state index is 0.0836. The third-order valence-electron chi connectivity index (χ3n) is 3.54. The second kappa shape index (κ2) is 12.4. The summed E-state index contributed by atoms with van der Waals surface area (Å²) in [7, 11) is -3.20. The molecule has 20 heavy (non-hydrogen) atoms. The maximum Gasteiger partial charge on any atom is 0.303 e. The first-order chi connectivity index (χ1) is 9.48. The Hall–Kier alpha value is -0.340. The van der Waals surface area contributed by atoms with Gasteiger partial charge in [0.1, 0.15) is 0 Å². The maximum atomic E-state index is 11.6. The summed E-state index contributed by atoms with van der Waals surface area (Å²) in [5.74, 6) is -0.998. The first-order valence-corrected chi connectivity index (χ1v) is 10.0. The maximum absolute atomic E-state index is 11.6. The molecule has 120 valence electrons. The Kier molecular flexibility index (Phi) is 12.2. The second-order valence-corrected chi connectivity index (χ2v) is 8.21. The van der Waals surface area contributed by atoms with Crippen LogP contribution in [0.4, 0.5) is 0 Å². The van der Waals surface area contributed by atoms with E-state index in [0.717, 1.165) is 19.3 Å². The monoisotopic (exact) mass is 306 g/mol. The van der Waals surface area contributed by atoms with Crippen LogP contribution in [0.25, 0.3) is 0 Å². The fourth-order valence-electron chi connectivity index (χ4n) is 2.23. The topological polar surface area (TPSA) is 74.6 Å². The van der Waals surface area contributed by atoms with E-state index in [2.05, 4.69) is 6.92 Å². The molecule has 0 amide bonds. The molecule has 0 rings (SSSR count). The van der Waals surface area contributed by atoms with Crippen LogP contribution < -0.4 is 0 Å². The fraction of sp³-hybridized carbons (Fsp3) is 0.933. The number of aliphatic carboxylic acids is 1. The predicted octanol–water partition coefficient (Wildman–Crippen LogP) is 4.65. The van der Waals surface area contributed by atoms with Gasteiger partial charge in [-0.3, -0.25) is 9.36 Å². The number of carbonyl (C=O) groups is 1. The van der Waals surface area contributed by atoms with Crippen molar-refractivity contribution < 1.29 is 19.4 Å². The number of unbranched alkanes of at least 4 members (excludes halogenated alkanes) is 9. The van der Waals surface area contributed by atoms with Crippen LogP contribution in [-0.2, 0) is 9.36 Å². The molecule has 4 nitrogen and oxygen atoms in total. The average molecular weight is 306 g/mol. The normalized spacial score (nSPS) is 14.1. The van der Waals surface area contributed by atoms with Crippen LogP contribution in [0.2, 0.25) is 0 Å². The van der Waals surface area contributed by atoms with Gasteiger partial charge in [-0.05, 0) is 6.42 Å². The zero-order valence-corrected chi connectivity index (χ0v) is 13.7. The van der Waals surface area contributed by atoms with E-state index in [1.807, 2.05) is 0 Å². The highest BCUT2D eigenvalue weighted by molar-refractivity contribution is 7.58. The lowest BCUT2D eigenvalue weighted by Crippen LogP contribution is -2.02. The van der Waals surface area contributed by atoms with E-state index in [9.17, 15) is 14.3 Å². The van der Waals surface area contributed by atoms with Gasteiger partial charge in [-0.1, -0.05) is 64.7 Å². The molecule has 2 N–H and O–H groups in total. The van der Waals surface area contributed by atoms with Crippen LogP contribution in [-0.4, -0.2) is 28.3 Å². The summed E-state index contributed by atoms with van der Waals surface area (Å²) in [5, 5.41) is 8.49. The molecular formula is C15H31O4P. The molecule has 0 fully saturated rings. The molecular weight excluding hydrogens is 275 g/mol. The van der Waals surface area contributed by atoms with Crippen LogP contribution >= 0.6 is 7.37 Å². The standard InChI is InChI=1S/C15H31O4P/c1-2-3-4-5-6-7-8-9-10-11-13-20(18,19)14-12-15(16)17/h2-14H2,1H3,(H,16,17)(H,18,19). The number of carboxylic acids is 1. The van der Waals surface area contributed by atoms with Gasteiger partial charge in [0.15, 0.2) is 0 Å². The summed E-state index contributed by atoms with van der Waals surface area (Å²) in [5.41, 5.74) is 0. The van der Waals surface area contributed by atoms with E-state index in [4.69, 9.17) is 5.11 Å². The molecule has 0 aliphatic carbocycles. The van der Waals surface area contributed by atoms with Crippen molar-refractivity contribution in [1.29, 1.82) is 0 Å². The Bertz CT molecular complexity index is 292. The van der Waals surface area contributed by atoms with E-state index in [-0.39, 0.29) is 18.7 Å². The molecule has 1 unspecified atom stereocenters. The van der Waals surface area contributed by atoms with Crippen LogP contribution in [0.15, 0.2) is 0 Å². The fourth-order valence-corrected chi connectivity index (χ4v) is 3.71. The Morgan fingerprint density at radius 3 is 1.75 bits per heavy atom. The lowest BCUT2D eigenvalue weighted by molar-refractivity contribution is -0.136. The van der Waals surface area contributed by atoms with Crippen LogP contribution in [0.1, 0.15) is 77.6 Å². The summed E-state index contributed by atoms with van der Waals surface area (Å²) >= 11 is 0. The number of hydrogen-bond donors (Lipinski definition) is 2. The SMILES string of the molecule is CCCCCCCCCCCCP(=O)(O)CCC(=O)O. The second-order valence-electron chi connectivity index (χ2n) is 5.62. The van der Waals surface area contributed by atoms with Crippen molar-refractivity contribution in [1.82, 2.24) is 0 Å². The van der Waals surface area contributed by atoms with Crippen LogP contribution in [0, 0.1) is 0 Å². The van der Waals surface area contributed by atoms with Gasteiger partial charge in [0.25, 0.3) is 0 Å². The summed E-state index contributed by atoms with van der Waals surface area (Å²) < 4.78 is 11.6. The molecule has 0 spiro atoms. The Labute approximate surface area is 123 Å². The number of rotatable bonds is 14. The highest BCUT2D eigenvalue weighted by atomic mass is 31.2. The first-order valence-electron chi connectivity index (χ1n) is 8.00. The van der Waals surface area contributed by atoms with E-state index in [0.29, 0.717) is 0 Å². The van der Waals surface area contributed by atoms with E-state index in [1.54, 1.807) is 0 Å². The molecule has 0 aliphatic rings. The van der Waals surface area contributed by atoms with Gasteiger partial charge in [-0.2, -0.15) is 0 Å². The minimum Gasteiger partial charge on any atom is -0.481 e. The highest BCUT2D eigenvalue weighted by Gasteiger charge is 2.18. The number of carboxylic acid groups (broad SMARTS) is 1. The Morgan fingerprint density at radius 1 is 0.850 bits per heavy atom. The molecule has 0 saturated carbocycles. The van der Waals surface area contributed by atoms with Crippen molar-refractivity contribution in [2.75, 3.05) is 12.3 Å². The number of hydrogen-bond acceptors (Lipinski definition) is 2. The molecule has 0 saturated heterocycles. The molecule has 0 radical (unpaired) electrons. The van der Waals surface area contributed by atoms with Crippen molar-refractivity contribution >= 4 is 13.3 Å². The smallest absolute Gasteiger partial charge is 0.303 e. The van der Waals surface area contributed by atoms with E-state index in [1.165, 1.54) is 44.9 Å². The largest absolute Gasteiger partial charge is 0.481 e. The van der Waals surface area contributed by atoms with Crippen molar-refractivity contribution in [3.05, 3.63) is 0 Å². The summed E-state index contributed by atoms with van der Waals surface area (Å²) in [4.78, 5) is 19.9. The highest BCUT2D eigenvalue weighted by Crippen LogP contribution is 2.42. The van der Waals surface area contributed by atoms with Gasteiger partial charge in [0.2, 0.25) is 7.37 Å². The van der Waals surface area contributed by atoms with Crippen molar-refractivity contribution in [3.8, 4) is 0 Å². The van der Waals surface area contributed by atoms with Crippen molar-refractivity contribution in [3.63, 3.8) is 0 Å². The molecule has 1 atom stereocenters. The van der Waals surface area contributed by atoms with Gasteiger partial charge < -0.3 is 10.00 Å². The molecule has 0 aromatic carbocycles. The van der Waals surface area contributed by atoms with Crippen LogP contribution in [0.5, 0.6) is 0 Å². The third-order valence-corrected chi connectivity index (χ3v) is 5.47. The molecule has 0 aliphatic heterocycles. The lowest BCUT2D eigenvalue weighted by Gasteiger charge is -2.09. The molecule has 0 bridgehead atoms. The third kappa shape index (κ3) is 14.1. The predicted molar refractivity (Wildman–Crippen MR) is 83.7 cm³/mol. The summed E-state index contributed by atoms with van der Waals surface area (Å²) in [6, 6.07) is 0. The van der Waals surface area contributed by atoms with Gasteiger partial charge in [-0.15, -0.1) is 0 Å². The first kappa shape index (κ1) is 19.7. The molecule has 0 heterocycles. The average Bonchev–Trinajstić information content (AvgIpc) is 2.39. The van der Waals surface area contributed by atoms with Crippen LogP contribution in [0.3, 0.4) is 0 Å². The molecule has 0 aromatic rings. The minimum atomic E-state index is -3.20. The zero-order chi connectivity index (χ0) is 15.3. The van der Waals surface area contributed by atoms with Gasteiger partial charge in [-0.25, -0.2) is 0 Å². The summed E-state index contributed by atoms with van der Waals surface area (Å²) in [6.07, 6.45) is 11.9. The lowest BCUT2D eigenvalue weighted by atomic mass is 10.1. The van der Waals surface area contributed by atoms with E-state index < -0.39 is 13.3 Å². The molecule has 0 aromatic heterocycles. The zero-order valence-electron chi connectivity index (χ0n) is 12.9. The Balaban J connectivity index is 3.34. The molecule has 5 heteroatoms. The van der Waals surface area contributed by atoms with Crippen molar-refractivity contribution in [2.24, 2.45) is 0 Å². The Morgan fingerprint density at radius 2 is 1.30 bits per heavy atom. The van der Waals surface area contributed by atoms with E-state index >= 15 is 0 Å². The van der Waals surface area contributed by atoms with Gasteiger partial charge >= 0.3 is 5.97 Å². The van der Waals surface area contributed by atoms with Crippen molar-refractivity contribution in [2.45, 2.75) is 77.6 Å². The summed E-state index contributed by atoms with van der Waals surface area (Å²) in [6.45, 7) is 2.22. The van der Waals surface area contributed by atoms with Gasteiger partial charge in [0.05, 0.1) is 6.42 Å². The quantitative estimate of drug-likeness (QED) is 0.362. The van der Waals surface area contributed by atoms with Gasteiger partial charge in [0, 0.05) is 12.3 Å².